The molecule has 1 amide bonds. The summed E-state index contributed by atoms with van der Waals surface area (Å²) < 4.78 is 1.86. The molecule has 1 atom stereocenters. The molecule has 23 heavy (non-hydrogen) atoms. The van der Waals surface area contributed by atoms with Crippen LogP contribution in [0.1, 0.15) is 34.8 Å². The fourth-order valence-electron chi connectivity index (χ4n) is 3.11. The number of carbonyl (C=O) groups is 1. The molecule has 3 rings (SSSR count). The minimum absolute atomic E-state index is 0.107. The van der Waals surface area contributed by atoms with E-state index in [1.165, 1.54) is 0 Å². The highest BCUT2D eigenvalue weighted by Gasteiger charge is 2.26. The molecule has 1 aliphatic heterocycles. The van der Waals surface area contributed by atoms with Crippen molar-refractivity contribution in [1.29, 1.82) is 0 Å². The molecule has 6 heteroatoms. The van der Waals surface area contributed by atoms with Gasteiger partial charge in [0.2, 0.25) is 0 Å². The Morgan fingerprint density at radius 2 is 2.26 bits per heavy atom. The molecule has 0 aliphatic carbocycles. The predicted molar refractivity (Wildman–Crippen MR) is 88.0 cm³/mol. The first-order chi connectivity index (χ1) is 11.1. The zero-order chi connectivity index (χ0) is 16.2. The summed E-state index contributed by atoms with van der Waals surface area (Å²) in [4.78, 5) is 20.9. The number of likely N-dealkylation sites (tertiary alicyclic amines) is 1. The highest BCUT2D eigenvalue weighted by Crippen LogP contribution is 2.22. The summed E-state index contributed by atoms with van der Waals surface area (Å²) in [6.45, 7) is 2.34. The monoisotopic (exact) mass is 313 g/mol. The van der Waals surface area contributed by atoms with Crippen molar-refractivity contribution in [2.24, 2.45) is 0 Å². The molecule has 0 N–H and O–H groups in total. The van der Waals surface area contributed by atoms with Crippen LogP contribution in [0.5, 0.6) is 0 Å². The quantitative estimate of drug-likeness (QED) is 0.864. The molecule has 6 nitrogen and oxygen atoms in total. The second kappa shape index (κ2) is 6.91. The number of rotatable bonds is 4. The van der Waals surface area contributed by atoms with Gasteiger partial charge in [-0.05, 0) is 44.6 Å². The maximum absolute atomic E-state index is 12.8. The van der Waals surface area contributed by atoms with E-state index in [9.17, 15) is 4.79 Å². The Labute approximate surface area is 136 Å². The summed E-state index contributed by atoms with van der Waals surface area (Å²) in [6, 6.07) is 8.15. The first-order valence-electron chi connectivity index (χ1n) is 8.00. The number of piperidine rings is 1. The van der Waals surface area contributed by atoms with Gasteiger partial charge in [0.15, 0.2) is 0 Å². The molecular formula is C17H23N5O. The van der Waals surface area contributed by atoms with Crippen LogP contribution in [0.25, 0.3) is 0 Å². The third-order valence-corrected chi connectivity index (χ3v) is 4.17. The van der Waals surface area contributed by atoms with Crippen LogP contribution in [0.3, 0.4) is 0 Å². The largest absolute Gasteiger partial charge is 0.337 e. The Morgan fingerprint density at radius 3 is 3.00 bits per heavy atom. The minimum atomic E-state index is 0.107. The van der Waals surface area contributed by atoms with E-state index in [2.05, 4.69) is 21.0 Å². The van der Waals surface area contributed by atoms with Crippen molar-refractivity contribution in [3.63, 3.8) is 0 Å². The van der Waals surface area contributed by atoms with Gasteiger partial charge in [0.05, 0.1) is 6.04 Å². The third-order valence-electron chi connectivity index (χ3n) is 4.17. The summed E-state index contributed by atoms with van der Waals surface area (Å²) in [7, 11) is 4.06. The van der Waals surface area contributed by atoms with Crippen molar-refractivity contribution in [2.45, 2.75) is 25.4 Å². The van der Waals surface area contributed by atoms with Gasteiger partial charge >= 0.3 is 0 Å². The van der Waals surface area contributed by atoms with Crippen LogP contribution in [0.4, 0.5) is 0 Å². The maximum Gasteiger partial charge on any atom is 0.253 e. The van der Waals surface area contributed by atoms with Crippen molar-refractivity contribution in [1.82, 2.24) is 24.6 Å². The van der Waals surface area contributed by atoms with Gasteiger partial charge in [0, 0.05) is 25.2 Å². The molecule has 0 unspecified atom stereocenters. The molecule has 1 aromatic heterocycles. The Bertz CT molecular complexity index is 653. The minimum Gasteiger partial charge on any atom is -0.337 e. The van der Waals surface area contributed by atoms with Gasteiger partial charge in [-0.25, -0.2) is 9.67 Å². The molecule has 0 radical (unpaired) electrons. The highest BCUT2D eigenvalue weighted by molar-refractivity contribution is 5.94. The molecule has 122 valence electrons. The standard InChI is InChI=1S/C17H23N5O/c1-20(2)10-14-5-3-6-15(9-14)17(23)21-8-4-7-16(11-21)22-13-18-12-19-22/h3,5-6,9,12-13,16H,4,7-8,10-11H2,1-2H3/t16-/m1/s1. The van der Waals surface area contributed by atoms with Crippen molar-refractivity contribution in [3.8, 4) is 0 Å². The molecule has 2 heterocycles. The van der Waals surface area contributed by atoms with Gasteiger partial charge in [0.25, 0.3) is 5.91 Å². The van der Waals surface area contributed by atoms with Crippen molar-refractivity contribution in [3.05, 3.63) is 48.0 Å². The zero-order valence-corrected chi connectivity index (χ0v) is 13.7. The van der Waals surface area contributed by atoms with Crippen LogP contribution in [-0.4, -0.2) is 57.7 Å². The first-order valence-corrected chi connectivity index (χ1v) is 8.00. The summed E-state index contributed by atoms with van der Waals surface area (Å²) in [5.41, 5.74) is 1.93. The summed E-state index contributed by atoms with van der Waals surface area (Å²) in [5.74, 6) is 0.107. The number of hydrogen-bond acceptors (Lipinski definition) is 4. The van der Waals surface area contributed by atoms with Crippen LogP contribution in [0.2, 0.25) is 0 Å². The number of benzene rings is 1. The summed E-state index contributed by atoms with van der Waals surface area (Å²) in [6.07, 6.45) is 5.31. The van der Waals surface area contributed by atoms with Gasteiger partial charge in [-0.3, -0.25) is 4.79 Å². The fourth-order valence-corrected chi connectivity index (χ4v) is 3.11. The Balaban J connectivity index is 1.72. The highest BCUT2D eigenvalue weighted by atomic mass is 16.2. The van der Waals surface area contributed by atoms with E-state index in [4.69, 9.17) is 0 Å². The zero-order valence-electron chi connectivity index (χ0n) is 13.7. The molecular weight excluding hydrogens is 290 g/mol. The van der Waals surface area contributed by atoms with E-state index in [-0.39, 0.29) is 11.9 Å². The van der Waals surface area contributed by atoms with Gasteiger partial charge in [-0.15, -0.1) is 0 Å². The van der Waals surface area contributed by atoms with E-state index >= 15 is 0 Å². The second-order valence-electron chi connectivity index (χ2n) is 6.36. The average molecular weight is 313 g/mol. The molecule has 0 bridgehead atoms. The van der Waals surface area contributed by atoms with Gasteiger partial charge in [-0.1, -0.05) is 12.1 Å². The Kier molecular flexibility index (Phi) is 4.71. The van der Waals surface area contributed by atoms with E-state index < -0.39 is 0 Å². The average Bonchev–Trinajstić information content (AvgIpc) is 3.08. The smallest absolute Gasteiger partial charge is 0.253 e. The topological polar surface area (TPSA) is 54.3 Å². The molecule has 0 spiro atoms. The van der Waals surface area contributed by atoms with Crippen molar-refractivity contribution < 1.29 is 4.79 Å². The third kappa shape index (κ3) is 3.76. The molecule has 0 saturated carbocycles. The lowest BCUT2D eigenvalue weighted by Crippen LogP contribution is -2.40. The molecule has 2 aromatic rings. The first kappa shape index (κ1) is 15.7. The predicted octanol–water partition coefficient (Wildman–Crippen LogP) is 1.82. The van der Waals surface area contributed by atoms with E-state index in [1.807, 2.05) is 41.9 Å². The Hall–Kier alpha value is -2.21. The number of aromatic nitrogens is 3. The molecule has 1 saturated heterocycles. The van der Waals surface area contributed by atoms with Gasteiger partial charge in [0.1, 0.15) is 12.7 Å². The number of hydrogen-bond donors (Lipinski definition) is 0. The van der Waals surface area contributed by atoms with Gasteiger partial charge < -0.3 is 9.80 Å². The van der Waals surface area contributed by atoms with E-state index in [0.717, 1.165) is 37.1 Å². The van der Waals surface area contributed by atoms with Gasteiger partial charge in [-0.2, -0.15) is 5.10 Å². The van der Waals surface area contributed by atoms with Crippen LogP contribution >= 0.6 is 0 Å². The summed E-state index contributed by atoms with van der Waals surface area (Å²) in [5, 5.41) is 4.22. The second-order valence-corrected chi connectivity index (χ2v) is 6.36. The lowest BCUT2D eigenvalue weighted by Gasteiger charge is -2.32. The van der Waals surface area contributed by atoms with E-state index in [0.29, 0.717) is 6.54 Å². The van der Waals surface area contributed by atoms with E-state index in [1.54, 1.807) is 12.7 Å². The number of amides is 1. The number of carbonyl (C=O) groups excluding carboxylic acids is 1. The molecule has 1 aromatic carbocycles. The van der Waals surface area contributed by atoms with Crippen LogP contribution in [0, 0.1) is 0 Å². The lowest BCUT2D eigenvalue weighted by molar-refractivity contribution is 0.0672. The van der Waals surface area contributed by atoms with Crippen molar-refractivity contribution in [2.75, 3.05) is 27.2 Å². The SMILES string of the molecule is CN(C)Cc1cccc(C(=O)N2CCC[C@@H](n3cncn3)C2)c1. The number of nitrogens with zero attached hydrogens (tertiary/aromatic N) is 5. The van der Waals surface area contributed by atoms with Crippen LogP contribution in [0.15, 0.2) is 36.9 Å². The maximum atomic E-state index is 12.8. The lowest BCUT2D eigenvalue weighted by atomic mass is 10.0. The molecule has 1 fully saturated rings. The normalized spacial score (nSPS) is 18.4. The molecule has 1 aliphatic rings. The Morgan fingerprint density at radius 1 is 1.39 bits per heavy atom. The fraction of sp³-hybridized carbons (Fsp3) is 0.471. The van der Waals surface area contributed by atoms with Crippen LogP contribution in [-0.2, 0) is 6.54 Å². The van der Waals surface area contributed by atoms with Crippen LogP contribution < -0.4 is 0 Å². The summed E-state index contributed by atoms with van der Waals surface area (Å²) >= 11 is 0. The van der Waals surface area contributed by atoms with Crippen molar-refractivity contribution >= 4 is 5.91 Å².